The molecule has 0 aliphatic heterocycles. The molecule has 0 aliphatic rings. The minimum Gasteiger partial charge on any atom is -0.378 e. The quantitative estimate of drug-likeness (QED) is 0.579. The van der Waals surface area contributed by atoms with E-state index in [9.17, 15) is 4.79 Å². The molecule has 0 atom stereocenters. The second-order valence-corrected chi connectivity index (χ2v) is 4.97. The van der Waals surface area contributed by atoms with Crippen molar-refractivity contribution in [1.29, 1.82) is 0 Å². The van der Waals surface area contributed by atoms with Crippen LogP contribution >= 0.6 is 0 Å². The second kappa shape index (κ2) is 7.38. The minimum atomic E-state index is 0.473. The summed E-state index contributed by atoms with van der Waals surface area (Å²) in [7, 11) is 4.03. The Morgan fingerprint density at radius 2 is 1.95 bits per heavy atom. The van der Waals surface area contributed by atoms with Crippen molar-refractivity contribution in [2.45, 2.75) is 19.4 Å². The number of benzene rings is 1. The molecule has 0 saturated heterocycles. The molecule has 2 rings (SSSR count). The third kappa shape index (κ3) is 4.27. The largest absolute Gasteiger partial charge is 0.378 e. The molecule has 0 fully saturated rings. The Morgan fingerprint density at radius 1 is 1.19 bits per heavy atom. The number of carbonyl (C=O) groups excluding carboxylic acids is 1. The number of hydrogen-bond acceptors (Lipinski definition) is 4. The van der Waals surface area contributed by atoms with Crippen molar-refractivity contribution in [3.8, 4) is 11.3 Å². The van der Waals surface area contributed by atoms with E-state index in [1.165, 1.54) is 0 Å². The average Bonchev–Trinajstić information content (AvgIpc) is 2.96. The van der Waals surface area contributed by atoms with Crippen LogP contribution in [-0.4, -0.2) is 35.4 Å². The average molecular weight is 284 g/mol. The molecular formula is C16H20N4O. The third-order valence-corrected chi connectivity index (χ3v) is 3.14. The van der Waals surface area contributed by atoms with Gasteiger partial charge in [0, 0.05) is 38.3 Å². The molecule has 110 valence electrons. The molecule has 0 unspecified atom stereocenters. The lowest BCUT2D eigenvalue weighted by Crippen LogP contribution is -2.07. The van der Waals surface area contributed by atoms with Crippen LogP contribution in [-0.2, 0) is 11.3 Å². The summed E-state index contributed by atoms with van der Waals surface area (Å²) in [5.74, 6) is 0. The molecule has 21 heavy (non-hydrogen) atoms. The van der Waals surface area contributed by atoms with Gasteiger partial charge in [-0.25, -0.2) is 0 Å². The first-order chi connectivity index (χ1) is 10.2. The van der Waals surface area contributed by atoms with E-state index in [-0.39, 0.29) is 0 Å². The highest BCUT2D eigenvalue weighted by molar-refractivity contribution is 5.61. The molecule has 2 aromatic rings. The van der Waals surface area contributed by atoms with Crippen LogP contribution in [0.2, 0.25) is 0 Å². The highest BCUT2D eigenvalue weighted by atomic mass is 16.1. The first-order valence-electron chi connectivity index (χ1n) is 6.97. The van der Waals surface area contributed by atoms with E-state index in [1.54, 1.807) is 0 Å². The lowest BCUT2D eigenvalue weighted by molar-refractivity contribution is -0.107. The van der Waals surface area contributed by atoms with Gasteiger partial charge in [-0.2, -0.15) is 0 Å². The number of anilines is 1. The fourth-order valence-corrected chi connectivity index (χ4v) is 1.95. The minimum absolute atomic E-state index is 0.473. The summed E-state index contributed by atoms with van der Waals surface area (Å²) in [5.41, 5.74) is 3.09. The Bertz CT molecular complexity index is 599. The topological polar surface area (TPSA) is 51.0 Å². The van der Waals surface area contributed by atoms with Gasteiger partial charge >= 0.3 is 0 Å². The maximum atomic E-state index is 10.2. The van der Waals surface area contributed by atoms with Crippen molar-refractivity contribution in [1.82, 2.24) is 15.0 Å². The number of aryl methyl sites for hydroxylation is 1. The summed E-state index contributed by atoms with van der Waals surface area (Å²) in [4.78, 5) is 12.2. The summed E-state index contributed by atoms with van der Waals surface area (Å²) in [5, 5.41) is 8.32. The van der Waals surface area contributed by atoms with Crippen LogP contribution in [0.4, 0.5) is 5.69 Å². The van der Waals surface area contributed by atoms with E-state index < -0.39 is 0 Å². The van der Waals surface area contributed by atoms with E-state index in [0.29, 0.717) is 6.42 Å². The summed E-state index contributed by atoms with van der Waals surface area (Å²) in [6, 6.07) is 8.23. The number of carbonyl (C=O) groups is 1. The molecule has 0 spiro atoms. The molecule has 1 aromatic heterocycles. The monoisotopic (exact) mass is 284 g/mol. The van der Waals surface area contributed by atoms with E-state index in [2.05, 4.69) is 27.3 Å². The molecule has 0 aliphatic carbocycles. The van der Waals surface area contributed by atoms with Crippen LogP contribution in [0, 0.1) is 0 Å². The first kappa shape index (κ1) is 15.0. The lowest BCUT2D eigenvalue weighted by atomic mass is 10.1. The Hall–Kier alpha value is -2.43. The number of aromatic nitrogens is 3. The summed E-state index contributed by atoms with van der Waals surface area (Å²) >= 11 is 0. The van der Waals surface area contributed by atoms with Crippen molar-refractivity contribution in [3.05, 3.63) is 42.6 Å². The van der Waals surface area contributed by atoms with Crippen molar-refractivity contribution in [3.63, 3.8) is 0 Å². The van der Waals surface area contributed by atoms with Crippen LogP contribution < -0.4 is 4.90 Å². The van der Waals surface area contributed by atoms with Crippen LogP contribution in [0.3, 0.4) is 0 Å². The molecule has 0 amide bonds. The summed E-state index contributed by atoms with van der Waals surface area (Å²) in [6.07, 6.45) is 8.00. The van der Waals surface area contributed by atoms with Crippen molar-refractivity contribution in [2.75, 3.05) is 19.0 Å². The fraction of sp³-hybridized carbons (Fsp3) is 0.312. The van der Waals surface area contributed by atoms with Crippen LogP contribution in [0.5, 0.6) is 0 Å². The normalized spacial score (nSPS) is 11.0. The molecule has 5 heteroatoms. The number of hydrogen-bond donors (Lipinski definition) is 0. The molecule has 0 saturated carbocycles. The highest BCUT2D eigenvalue weighted by Crippen LogP contribution is 2.20. The molecule has 0 N–H and O–H groups in total. The maximum Gasteiger partial charge on any atom is 0.123 e. The predicted octanol–water partition coefficient (Wildman–Crippen LogP) is 2.55. The van der Waals surface area contributed by atoms with E-state index in [1.807, 2.05) is 49.3 Å². The Labute approximate surface area is 124 Å². The number of rotatable bonds is 7. The van der Waals surface area contributed by atoms with Crippen molar-refractivity contribution < 1.29 is 4.79 Å². The van der Waals surface area contributed by atoms with Gasteiger partial charge in [0.05, 0.1) is 6.20 Å². The molecule has 1 aromatic carbocycles. The van der Waals surface area contributed by atoms with Crippen molar-refractivity contribution in [2.24, 2.45) is 0 Å². The van der Waals surface area contributed by atoms with Gasteiger partial charge in [-0.05, 0) is 18.6 Å². The van der Waals surface area contributed by atoms with Crippen LogP contribution in [0.1, 0.15) is 12.8 Å². The zero-order chi connectivity index (χ0) is 15.1. The molecule has 5 nitrogen and oxygen atoms in total. The smallest absolute Gasteiger partial charge is 0.123 e. The van der Waals surface area contributed by atoms with Crippen LogP contribution in [0.25, 0.3) is 11.3 Å². The van der Waals surface area contributed by atoms with Gasteiger partial charge in [0.2, 0.25) is 0 Å². The molecule has 0 radical (unpaired) electrons. The van der Waals surface area contributed by atoms with E-state index >= 15 is 0 Å². The molecular weight excluding hydrogens is 264 g/mol. The van der Waals surface area contributed by atoms with E-state index in [0.717, 1.165) is 36.2 Å². The maximum absolute atomic E-state index is 10.2. The highest BCUT2D eigenvalue weighted by Gasteiger charge is 2.04. The number of aldehydes is 1. The second-order valence-electron chi connectivity index (χ2n) is 4.97. The Balaban J connectivity index is 1.97. The fourth-order valence-electron chi connectivity index (χ4n) is 1.95. The van der Waals surface area contributed by atoms with Crippen molar-refractivity contribution >= 4 is 12.0 Å². The number of nitrogens with zero attached hydrogens (tertiary/aromatic N) is 4. The summed E-state index contributed by atoms with van der Waals surface area (Å²) < 4.78 is 1.82. The van der Waals surface area contributed by atoms with Gasteiger partial charge in [-0.15, -0.1) is 5.10 Å². The molecule has 0 bridgehead atoms. The first-order valence-corrected chi connectivity index (χ1v) is 6.97. The SMILES string of the molecule is CN(C)c1ccc(-c2cn(CC/C=C\CC=O)nn2)cc1. The summed E-state index contributed by atoms with van der Waals surface area (Å²) in [6.45, 7) is 0.762. The van der Waals surface area contributed by atoms with Crippen LogP contribution in [0.15, 0.2) is 42.6 Å². The van der Waals surface area contributed by atoms with Gasteiger partial charge in [0.25, 0.3) is 0 Å². The van der Waals surface area contributed by atoms with Gasteiger partial charge in [0.1, 0.15) is 12.0 Å². The van der Waals surface area contributed by atoms with Gasteiger partial charge in [0.15, 0.2) is 0 Å². The van der Waals surface area contributed by atoms with E-state index in [4.69, 9.17) is 0 Å². The zero-order valence-corrected chi connectivity index (χ0v) is 12.4. The van der Waals surface area contributed by atoms with Gasteiger partial charge < -0.3 is 9.69 Å². The van der Waals surface area contributed by atoms with Gasteiger partial charge in [-0.3, -0.25) is 4.68 Å². The Kier molecular flexibility index (Phi) is 5.26. The molecule has 1 heterocycles. The number of allylic oxidation sites excluding steroid dienone is 2. The zero-order valence-electron chi connectivity index (χ0n) is 12.4. The van der Waals surface area contributed by atoms with Gasteiger partial charge in [-0.1, -0.05) is 29.5 Å². The standard InChI is InChI=1S/C16H20N4O/c1-19(2)15-9-7-14(8-10-15)16-13-20(18-17-16)11-5-3-4-6-12-21/h3-4,7-10,12-13H,5-6,11H2,1-2H3/b4-3-. The predicted molar refractivity (Wildman–Crippen MR) is 84.2 cm³/mol. The third-order valence-electron chi connectivity index (χ3n) is 3.14. The Morgan fingerprint density at radius 3 is 2.62 bits per heavy atom. The lowest BCUT2D eigenvalue weighted by Gasteiger charge is -2.11.